The molecule has 1 saturated heterocycles. The van der Waals surface area contributed by atoms with Gasteiger partial charge in [0.05, 0.1) is 6.04 Å². The zero-order valence-electron chi connectivity index (χ0n) is 8.16. The molecule has 1 aliphatic heterocycles. The van der Waals surface area contributed by atoms with E-state index in [-0.39, 0.29) is 17.7 Å². The quantitative estimate of drug-likeness (QED) is 0.602. The molecule has 75 valence electrons. The lowest BCUT2D eigenvalue weighted by molar-refractivity contribution is -0.131. The summed E-state index contributed by atoms with van der Waals surface area (Å²) in [7, 11) is 0. The average molecular weight is 185 g/mol. The molecule has 0 spiro atoms. The summed E-state index contributed by atoms with van der Waals surface area (Å²) in [6, 6.07) is -0.342. The maximum absolute atomic E-state index is 11.6. The Labute approximate surface area is 78.7 Å². The van der Waals surface area contributed by atoms with Crippen LogP contribution in [-0.4, -0.2) is 42.7 Å². The Balaban J connectivity index is 2.45. The standard InChI is InChI=1S/C9H17N2O2/c1-6(2)8(12)9(13)7-5-10-3-4-11-7/h6-8,10,12H,3-5H2,1-2H3/t7?,8-/m0/s1. The number of nitrogens with one attached hydrogen (secondary N) is 1. The Bertz CT molecular complexity index is 176. The molecule has 1 aliphatic rings. The third kappa shape index (κ3) is 2.76. The van der Waals surface area contributed by atoms with E-state index in [1.54, 1.807) is 0 Å². The Kier molecular flexibility index (Phi) is 3.84. The van der Waals surface area contributed by atoms with Crippen LogP contribution in [0, 0.1) is 5.92 Å². The van der Waals surface area contributed by atoms with Crippen molar-refractivity contribution < 1.29 is 9.90 Å². The molecule has 0 aliphatic carbocycles. The largest absolute Gasteiger partial charge is 0.385 e. The van der Waals surface area contributed by atoms with Crippen molar-refractivity contribution in [1.29, 1.82) is 0 Å². The molecular weight excluding hydrogens is 168 g/mol. The van der Waals surface area contributed by atoms with Crippen molar-refractivity contribution in [2.45, 2.75) is 26.0 Å². The summed E-state index contributed by atoms with van der Waals surface area (Å²) in [5.41, 5.74) is 0. The van der Waals surface area contributed by atoms with Gasteiger partial charge in [-0.15, -0.1) is 0 Å². The third-order valence-electron chi connectivity index (χ3n) is 2.23. The van der Waals surface area contributed by atoms with Gasteiger partial charge in [0.15, 0.2) is 5.78 Å². The molecule has 0 amide bonds. The summed E-state index contributed by atoms with van der Waals surface area (Å²) in [5, 5.41) is 16.8. The number of hydrogen-bond acceptors (Lipinski definition) is 3. The van der Waals surface area contributed by atoms with Gasteiger partial charge >= 0.3 is 0 Å². The summed E-state index contributed by atoms with van der Waals surface area (Å²) in [6.45, 7) is 5.74. The Morgan fingerprint density at radius 3 is 2.77 bits per heavy atom. The summed E-state index contributed by atoms with van der Waals surface area (Å²) in [6.07, 6.45) is -0.867. The zero-order valence-corrected chi connectivity index (χ0v) is 8.16. The van der Waals surface area contributed by atoms with E-state index < -0.39 is 6.10 Å². The molecule has 4 heteroatoms. The third-order valence-corrected chi connectivity index (χ3v) is 2.23. The monoisotopic (exact) mass is 185 g/mol. The van der Waals surface area contributed by atoms with Crippen molar-refractivity contribution in [2.24, 2.45) is 5.92 Å². The van der Waals surface area contributed by atoms with Gasteiger partial charge < -0.3 is 10.4 Å². The SMILES string of the molecule is CC(C)[C@H](O)C(=O)C1CNCC[N]1. The van der Waals surface area contributed by atoms with Crippen LogP contribution in [0.25, 0.3) is 0 Å². The number of Topliss-reactive ketones (excluding diaryl/α,β-unsaturated/α-hetero) is 1. The number of hydrogen-bond donors (Lipinski definition) is 2. The van der Waals surface area contributed by atoms with Crippen LogP contribution in [0.15, 0.2) is 0 Å². The van der Waals surface area contributed by atoms with E-state index in [0.29, 0.717) is 13.1 Å². The number of aliphatic hydroxyl groups excluding tert-OH is 1. The minimum atomic E-state index is -0.867. The van der Waals surface area contributed by atoms with E-state index in [1.165, 1.54) is 0 Å². The first-order valence-electron chi connectivity index (χ1n) is 4.72. The number of carbonyl (C=O) groups is 1. The van der Waals surface area contributed by atoms with Gasteiger partial charge in [0.25, 0.3) is 0 Å². The Morgan fingerprint density at radius 1 is 1.62 bits per heavy atom. The minimum absolute atomic E-state index is 0.0235. The van der Waals surface area contributed by atoms with Crippen molar-refractivity contribution >= 4 is 5.78 Å². The molecule has 1 fully saturated rings. The Morgan fingerprint density at radius 2 is 2.31 bits per heavy atom. The molecule has 2 N–H and O–H groups in total. The highest BCUT2D eigenvalue weighted by molar-refractivity contribution is 5.88. The molecule has 0 bridgehead atoms. The highest BCUT2D eigenvalue weighted by atomic mass is 16.3. The fraction of sp³-hybridized carbons (Fsp3) is 0.889. The highest BCUT2D eigenvalue weighted by Gasteiger charge is 2.28. The van der Waals surface area contributed by atoms with Gasteiger partial charge in [-0.25, -0.2) is 5.32 Å². The van der Waals surface area contributed by atoms with E-state index in [0.717, 1.165) is 6.54 Å². The van der Waals surface area contributed by atoms with Crippen LogP contribution < -0.4 is 10.6 Å². The number of ketones is 1. The number of piperazine rings is 1. The molecule has 4 nitrogen and oxygen atoms in total. The van der Waals surface area contributed by atoms with Crippen molar-refractivity contribution in [1.82, 2.24) is 10.6 Å². The topological polar surface area (TPSA) is 63.4 Å². The Hall–Kier alpha value is -0.450. The first-order chi connectivity index (χ1) is 6.13. The maximum Gasteiger partial charge on any atom is 0.181 e. The lowest BCUT2D eigenvalue weighted by Gasteiger charge is -2.24. The molecule has 0 aromatic rings. The second-order valence-electron chi connectivity index (χ2n) is 3.72. The fourth-order valence-electron chi connectivity index (χ4n) is 1.32. The van der Waals surface area contributed by atoms with E-state index in [2.05, 4.69) is 10.6 Å². The lowest BCUT2D eigenvalue weighted by atomic mass is 9.97. The van der Waals surface area contributed by atoms with Crippen LogP contribution in [0.1, 0.15) is 13.8 Å². The van der Waals surface area contributed by atoms with Gasteiger partial charge in [0.2, 0.25) is 0 Å². The van der Waals surface area contributed by atoms with E-state index >= 15 is 0 Å². The van der Waals surface area contributed by atoms with Gasteiger partial charge in [0, 0.05) is 19.6 Å². The highest BCUT2D eigenvalue weighted by Crippen LogP contribution is 2.06. The summed E-state index contributed by atoms with van der Waals surface area (Å²) in [4.78, 5) is 11.6. The molecule has 2 atom stereocenters. The van der Waals surface area contributed by atoms with Crippen LogP contribution in [0.4, 0.5) is 0 Å². The van der Waals surface area contributed by atoms with E-state index in [1.807, 2.05) is 13.8 Å². The molecule has 1 rings (SSSR count). The molecule has 1 radical (unpaired) electrons. The van der Waals surface area contributed by atoms with Crippen LogP contribution in [0.5, 0.6) is 0 Å². The molecule has 1 heterocycles. The smallest absolute Gasteiger partial charge is 0.181 e. The fourth-order valence-corrected chi connectivity index (χ4v) is 1.32. The van der Waals surface area contributed by atoms with E-state index in [4.69, 9.17) is 0 Å². The molecule has 1 unspecified atom stereocenters. The van der Waals surface area contributed by atoms with Gasteiger partial charge in [-0.3, -0.25) is 4.79 Å². The molecule has 0 aromatic heterocycles. The first kappa shape index (κ1) is 10.6. The number of aliphatic hydroxyl groups is 1. The van der Waals surface area contributed by atoms with Gasteiger partial charge in [-0.1, -0.05) is 13.8 Å². The molecule has 13 heavy (non-hydrogen) atoms. The number of nitrogens with zero attached hydrogens (tertiary/aromatic N) is 1. The normalized spacial score (nSPS) is 26.0. The van der Waals surface area contributed by atoms with Crippen molar-refractivity contribution in [3.8, 4) is 0 Å². The van der Waals surface area contributed by atoms with Gasteiger partial charge in [-0.05, 0) is 5.92 Å². The summed E-state index contributed by atoms with van der Waals surface area (Å²) in [5.74, 6) is -0.174. The summed E-state index contributed by atoms with van der Waals surface area (Å²) >= 11 is 0. The number of carbonyl (C=O) groups excluding carboxylic acids is 1. The maximum atomic E-state index is 11.6. The number of rotatable bonds is 3. The van der Waals surface area contributed by atoms with Crippen LogP contribution in [-0.2, 0) is 4.79 Å². The second kappa shape index (κ2) is 4.69. The van der Waals surface area contributed by atoms with Crippen molar-refractivity contribution in [3.63, 3.8) is 0 Å². The van der Waals surface area contributed by atoms with Crippen LogP contribution in [0.2, 0.25) is 0 Å². The lowest BCUT2D eigenvalue weighted by Crippen LogP contribution is -2.52. The van der Waals surface area contributed by atoms with Crippen LogP contribution in [0.3, 0.4) is 0 Å². The molecule has 0 saturated carbocycles. The molecular formula is C9H17N2O2. The molecule has 0 aromatic carbocycles. The van der Waals surface area contributed by atoms with Crippen molar-refractivity contribution in [2.75, 3.05) is 19.6 Å². The second-order valence-corrected chi connectivity index (χ2v) is 3.72. The van der Waals surface area contributed by atoms with Crippen LogP contribution >= 0.6 is 0 Å². The van der Waals surface area contributed by atoms with Gasteiger partial charge in [-0.2, -0.15) is 0 Å². The zero-order chi connectivity index (χ0) is 9.84. The predicted molar refractivity (Wildman–Crippen MR) is 49.5 cm³/mol. The van der Waals surface area contributed by atoms with Gasteiger partial charge in [0.1, 0.15) is 6.10 Å². The van der Waals surface area contributed by atoms with E-state index in [9.17, 15) is 9.90 Å². The summed E-state index contributed by atoms with van der Waals surface area (Å²) < 4.78 is 0. The first-order valence-corrected chi connectivity index (χ1v) is 4.72. The average Bonchev–Trinajstić information content (AvgIpc) is 2.17. The predicted octanol–water partition coefficient (Wildman–Crippen LogP) is -0.851. The minimum Gasteiger partial charge on any atom is -0.385 e. The van der Waals surface area contributed by atoms with Crippen molar-refractivity contribution in [3.05, 3.63) is 0 Å².